The fraction of sp³-hybridized carbons (Fsp3) is 0.320. The zero-order chi connectivity index (χ0) is 22.1. The van der Waals surface area contributed by atoms with E-state index in [4.69, 9.17) is 0 Å². The Hall–Kier alpha value is -2.83. The van der Waals surface area contributed by atoms with Crippen LogP contribution >= 0.6 is 11.3 Å². The molecule has 2 amide bonds. The summed E-state index contributed by atoms with van der Waals surface area (Å²) in [4.78, 5) is 14.8. The number of thiophene rings is 1. The Kier molecular flexibility index (Phi) is 8.50. The van der Waals surface area contributed by atoms with Crippen molar-refractivity contribution in [2.24, 2.45) is 0 Å². The van der Waals surface area contributed by atoms with Crippen molar-refractivity contribution in [3.63, 3.8) is 0 Å². The van der Waals surface area contributed by atoms with Gasteiger partial charge in [-0.2, -0.15) is 11.3 Å². The van der Waals surface area contributed by atoms with Crippen LogP contribution in [0.5, 0.6) is 5.75 Å². The number of hydrogen-bond donors (Lipinski definition) is 3. The van der Waals surface area contributed by atoms with Gasteiger partial charge in [-0.1, -0.05) is 42.5 Å². The van der Waals surface area contributed by atoms with Crippen LogP contribution in [0.4, 0.5) is 4.79 Å². The molecule has 0 radical (unpaired) electrons. The van der Waals surface area contributed by atoms with E-state index in [1.807, 2.05) is 37.3 Å². The van der Waals surface area contributed by atoms with Gasteiger partial charge in [-0.25, -0.2) is 4.79 Å². The maximum atomic E-state index is 12.5. The molecule has 3 N–H and O–H groups in total. The lowest BCUT2D eigenvalue weighted by Crippen LogP contribution is -2.48. The summed E-state index contributed by atoms with van der Waals surface area (Å²) < 4.78 is 0. The van der Waals surface area contributed by atoms with Crippen LogP contribution in [0.15, 0.2) is 71.4 Å². The van der Waals surface area contributed by atoms with E-state index < -0.39 is 0 Å². The third-order valence-electron chi connectivity index (χ3n) is 5.30. The van der Waals surface area contributed by atoms with Gasteiger partial charge >= 0.3 is 6.03 Å². The first-order valence-corrected chi connectivity index (χ1v) is 11.5. The van der Waals surface area contributed by atoms with Crippen LogP contribution in [-0.4, -0.2) is 41.7 Å². The maximum absolute atomic E-state index is 12.5. The van der Waals surface area contributed by atoms with Crippen LogP contribution in [0.1, 0.15) is 23.6 Å². The van der Waals surface area contributed by atoms with E-state index in [-0.39, 0.29) is 23.9 Å². The quantitative estimate of drug-likeness (QED) is 0.440. The van der Waals surface area contributed by atoms with Crippen LogP contribution in [0.2, 0.25) is 0 Å². The van der Waals surface area contributed by atoms with Gasteiger partial charge in [-0.15, -0.1) is 0 Å². The second kappa shape index (κ2) is 11.5. The number of rotatable bonds is 10. The molecule has 3 aromatic rings. The summed E-state index contributed by atoms with van der Waals surface area (Å²) in [5.41, 5.74) is 3.59. The van der Waals surface area contributed by atoms with E-state index in [0.717, 1.165) is 24.9 Å². The average molecular weight is 438 g/mol. The number of likely N-dealkylation sites (N-methyl/N-ethyl adjacent to an activating group) is 1. The summed E-state index contributed by atoms with van der Waals surface area (Å²) in [6, 6.07) is 19.7. The summed E-state index contributed by atoms with van der Waals surface area (Å²) in [6.45, 7) is 3.34. The molecule has 1 aromatic heterocycles. The van der Waals surface area contributed by atoms with Gasteiger partial charge < -0.3 is 15.7 Å². The second-order valence-corrected chi connectivity index (χ2v) is 8.80. The number of phenolic OH excluding ortho intramolecular Hbond substituents is 1. The molecule has 0 saturated carbocycles. The molecule has 31 heavy (non-hydrogen) atoms. The van der Waals surface area contributed by atoms with E-state index >= 15 is 0 Å². The highest BCUT2D eigenvalue weighted by atomic mass is 32.1. The first kappa shape index (κ1) is 22.8. The van der Waals surface area contributed by atoms with E-state index in [1.54, 1.807) is 23.5 Å². The fourth-order valence-corrected chi connectivity index (χ4v) is 4.27. The maximum Gasteiger partial charge on any atom is 0.315 e. The predicted octanol–water partition coefficient (Wildman–Crippen LogP) is 4.43. The molecule has 6 heteroatoms. The minimum atomic E-state index is -0.147. The van der Waals surface area contributed by atoms with E-state index in [2.05, 4.69) is 51.5 Å². The SMILES string of the molecule is C[C@@H](Cc1ccsc1)NC(=O)NC[C@H](Cc1ccc(O)cc1)N(C)Cc1ccccc1. The summed E-state index contributed by atoms with van der Waals surface area (Å²) in [5, 5.41) is 19.8. The van der Waals surface area contributed by atoms with Crippen LogP contribution in [-0.2, 0) is 19.4 Å². The molecule has 0 aliphatic carbocycles. The first-order chi connectivity index (χ1) is 15.0. The van der Waals surface area contributed by atoms with Crippen molar-refractivity contribution >= 4 is 17.4 Å². The van der Waals surface area contributed by atoms with Crippen molar-refractivity contribution in [1.82, 2.24) is 15.5 Å². The topological polar surface area (TPSA) is 64.6 Å². The van der Waals surface area contributed by atoms with E-state index in [1.165, 1.54) is 11.1 Å². The summed E-state index contributed by atoms with van der Waals surface area (Å²) in [5.74, 6) is 0.259. The lowest BCUT2D eigenvalue weighted by Gasteiger charge is -2.29. The molecule has 2 atom stereocenters. The van der Waals surface area contributed by atoms with Crippen LogP contribution in [0.3, 0.4) is 0 Å². The largest absolute Gasteiger partial charge is 0.508 e. The Labute approximate surface area is 188 Å². The molecule has 0 aliphatic rings. The predicted molar refractivity (Wildman–Crippen MR) is 128 cm³/mol. The smallest absolute Gasteiger partial charge is 0.315 e. The highest BCUT2D eigenvalue weighted by Gasteiger charge is 2.18. The highest BCUT2D eigenvalue weighted by molar-refractivity contribution is 7.07. The van der Waals surface area contributed by atoms with Gasteiger partial charge in [0.2, 0.25) is 0 Å². The minimum absolute atomic E-state index is 0.0622. The van der Waals surface area contributed by atoms with Crippen molar-refractivity contribution in [3.8, 4) is 5.75 Å². The van der Waals surface area contributed by atoms with Gasteiger partial charge in [0.15, 0.2) is 0 Å². The highest BCUT2D eigenvalue weighted by Crippen LogP contribution is 2.15. The molecule has 0 unspecified atom stereocenters. The standard InChI is InChI=1S/C25H31N3O2S/c1-19(14-22-12-13-31-18-22)27-25(30)26-16-23(15-20-8-10-24(29)11-9-20)28(2)17-21-6-4-3-5-7-21/h3-13,18-19,23,29H,14-17H2,1-2H3,(H2,26,27,30)/t19-,23-/m0/s1. The summed E-state index contributed by atoms with van der Waals surface area (Å²) in [6.07, 6.45) is 1.59. The van der Waals surface area contributed by atoms with Crippen molar-refractivity contribution in [2.75, 3.05) is 13.6 Å². The molecule has 164 valence electrons. The Bertz CT molecular complexity index is 914. The normalized spacial score (nSPS) is 13.0. The average Bonchev–Trinajstić information content (AvgIpc) is 3.26. The van der Waals surface area contributed by atoms with Gasteiger partial charge in [0.1, 0.15) is 5.75 Å². The number of amides is 2. The Balaban J connectivity index is 1.58. The van der Waals surface area contributed by atoms with Gasteiger partial charge in [0.05, 0.1) is 0 Å². The lowest BCUT2D eigenvalue weighted by atomic mass is 10.0. The summed E-state index contributed by atoms with van der Waals surface area (Å²) in [7, 11) is 2.08. The Morgan fingerprint density at radius 2 is 1.74 bits per heavy atom. The van der Waals surface area contributed by atoms with Crippen molar-refractivity contribution in [1.29, 1.82) is 0 Å². The fourth-order valence-electron chi connectivity index (χ4n) is 3.59. The van der Waals surface area contributed by atoms with Gasteiger partial charge in [-0.3, -0.25) is 4.90 Å². The number of phenols is 1. The van der Waals surface area contributed by atoms with E-state index in [0.29, 0.717) is 6.54 Å². The van der Waals surface area contributed by atoms with Gasteiger partial charge in [0.25, 0.3) is 0 Å². The number of hydrogen-bond acceptors (Lipinski definition) is 4. The minimum Gasteiger partial charge on any atom is -0.508 e. The number of urea groups is 1. The molecule has 0 spiro atoms. The summed E-state index contributed by atoms with van der Waals surface area (Å²) >= 11 is 1.67. The number of nitrogens with one attached hydrogen (secondary N) is 2. The van der Waals surface area contributed by atoms with Gasteiger partial charge in [-0.05, 0) is 72.5 Å². The molecule has 2 aromatic carbocycles. The lowest BCUT2D eigenvalue weighted by molar-refractivity contribution is 0.212. The molecule has 0 aliphatic heterocycles. The van der Waals surface area contributed by atoms with Crippen molar-refractivity contribution in [3.05, 3.63) is 88.1 Å². The first-order valence-electron chi connectivity index (χ1n) is 10.6. The molecule has 3 rings (SSSR count). The van der Waals surface area contributed by atoms with Crippen LogP contribution < -0.4 is 10.6 Å². The van der Waals surface area contributed by atoms with Crippen LogP contribution in [0, 0.1) is 0 Å². The zero-order valence-corrected chi connectivity index (χ0v) is 18.9. The number of carbonyl (C=O) groups is 1. The third-order valence-corrected chi connectivity index (χ3v) is 6.04. The molecule has 0 bridgehead atoms. The van der Waals surface area contributed by atoms with Crippen molar-refractivity contribution in [2.45, 2.75) is 38.4 Å². The third kappa shape index (κ3) is 7.74. The Morgan fingerprint density at radius 1 is 1.00 bits per heavy atom. The molecule has 0 saturated heterocycles. The van der Waals surface area contributed by atoms with Crippen molar-refractivity contribution < 1.29 is 9.90 Å². The second-order valence-electron chi connectivity index (χ2n) is 8.02. The zero-order valence-electron chi connectivity index (χ0n) is 18.1. The number of carbonyl (C=O) groups excluding carboxylic acids is 1. The number of benzene rings is 2. The number of nitrogens with zero attached hydrogens (tertiary/aromatic N) is 1. The molecule has 1 heterocycles. The molecular weight excluding hydrogens is 406 g/mol. The molecule has 0 fully saturated rings. The number of aromatic hydroxyl groups is 1. The van der Waals surface area contributed by atoms with E-state index in [9.17, 15) is 9.90 Å². The van der Waals surface area contributed by atoms with Gasteiger partial charge in [0, 0.05) is 25.2 Å². The Morgan fingerprint density at radius 3 is 2.42 bits per heavy atom. The molecule has 5 nitrogen and oxygen atoms in total. The monoisotopic (exact) mass is 437 g/mol. The molecular formula is C25H31N3O2S. The van der Waals surface area contributed by atoms with Crippen LogP contribution in [0.25, 0.3) is 0 Å².